The summed E-state index contributed by atoms with van der Waals surface area (Å²) in [4.78, 5) is 0. The Hall–Kier alpha value is -0.210. The van der Waals surface area contributed by atoms with Crippen molar-refractivity contribution >= 4 is 10.0 Å². The Morgan fingerprint density at radius 3 is 2.27 bits per heavy atom. The van der Waals surface area contributed by atoms with E-state index in [9.17, 15) is 13.5 Å². The van der Waals surface area contributed by atoms with Crippen LogP contribution < -0.4 is 0 Å². The molecule has 3 aliphatic rings. The molecular weight excluding hydrogens is 354 g/mol. The van der Waals surface area contributed by atoms with E-state index in [-0.39, 0.29) is 36.0 Å². The molecule has 0 amide bonds. The Bertz CT molecular complexity index is 638. The predicted octanol–water partition coefficient (Wildman–Crippen LogP) is 2.37. The Balaban J connectivity index is 2.02. The lowest BCUT2D eigenvalue weighted by atomic mass is 9.68. The number of aliphatic hydroxyl groups is 1. The zero-order valence-electron chi connectivity index (χ0n) is 17.0. The van der Waals surface area contributed by atoms with Gasteiger partial charge in [0.2, 0.25) is 10.0 Å². The van der Waals surface area contributed by atoms with Crippen LogP contribution in [0.15, 0.2) is 0 Å². The van der Waals surface area contributed by atoms with Crippen LogP contribution in [0, 0.1) is 16.7 Å². The molecule has 0 aromatic heterocycles. The standard InChI is InChI=1S/C19H35NO5S/c1-13(2)20(14(3)4)26(22,23)12-18-8-7-15(17(18,5)6)9-19(18)24-11-16(10-21)25-19/h13-16,21H,7-12H2,1-6H3/t15-,16-,18+,19+/m0/s1. The molecule has 0 unspecified atom stereocenters. The lowest BCUT2D eigenvalue weighted by Gasteiger charge is -2.48. The molecule has 0 radical (unpaired) electrons. The highest BCUT2D eigenvalue weighted by molar-refractivity contribution is 7.89. The van der Waals surface area contributed by atoms with E-state index in [1.165, 1.54) is 0 Å². The smallest absolute Gasteiger partial charge is 0.215 e. The molecular formula is C19H35NO5S. The molecule has 0 aromatic carbocycles. The SMILES string of the molecule is CC(C)N(C(C)C)S(=O)(=O)C[C@@]12CC[C@@H](C[C@]13OC[C@H](CO)O3)C2(C)C. The molecule has 2 saturated carbocycles. The average Bonchev–Trinajstić information content (AvgIpc) is 3.06. The van der Waals surface area contributed by atoms with Crippen molar-refractivity contribution < 1.29 is 23.0 Å². The predicted molar refractivity (Wildman–Crippen MR) is 100 cm³/mol. The minimum atomic E-state index is -3.50. The summed E-state index contributed by atoms with van der Waals surface area (Å²) >= 11 is 0. The summed E-state index contributed by atoms with van der Waals surface area (Å²) in [5.74, 6) is -0.473. The molecule has 4 atom stereocenters. The van der Waals surface area contributed by atoms with Crippen molar-refractivity contribution in [3.05, 3.63) is 0 Å². The highest BCUT2D eigenvalue weighted by atomic mass is 32.2. The largest absolute Gasteiger partial charge is 0.394 e. The van der Waals surface area contributed by atoms with Gasteiger partial charge in [-0.2, -0.15) is 4.31 Å². The first-order valence-corrected chi connectivity index (χ1v) is 11.5. The number of fused-ring (bicyclic) bond motifs is 3. The molecule has 26 heavy (non-hydrogen) atoms. The molecule has 1 heterocycles. The van der Waals surface area contributed by atoms with Gasteiger partial charge >= 0.3 is 0 Å². The highest BCUT2D eigenvalue weighted by Gasteiger charge is 2.75. The Morgan fingerprint density at radius 1 is 1.19 bits per heavy atom. The van der Waals surface area contributed by atoms with E-state index >= 15 is 0 Å². The van der Waals surface area contributed by atoms with Crippen LogP contribution in [0.3, 0.4) is 0 Å². The van der Waals surface area contributed by atoms with Crippen LogP contribution in [-0.2, 0) is 19.5 Å². The molecule has 3 fully saturated rings. The summed E-state index contributed by atoms with van der Waals surface area (Å²) in [5, 5.41) is 9.53. The summed E-state index contributed by atoms with van der Waals surface area (Å²) in [5.41, 5.74) is -0.778. The van der Waals surface area contributed by atoms with Gasteiger partial charge < -0.3 is 14.6 Å². The number of aliphatic hydroxyl groups excluding tert-OH is 1. The van der Waals surface area contributed by atoms with E-state index in [0.717, 1.165) is 19.3 Å². The molecule has 1 saturated heterocycles. The van der Waals surface area contributed by atoms with Crippen molar-refractivity contribution in [2.24, 2.45) is 16.7 Å². The fourth-order valence-corrected chi connectivity index (χ4v) is 8.85. The number of ether oxygens (including phenoxy) is 2. The van der Waals surface area contributed by atoms with Gasteiger partial charge in [-0.1, -0.05) is 13.8 Å². The maximum absolute atomic E-state index is 13.5. The Kier molecular flexibility index (Phi) is 5.06. The molecule has 2 bridgehead atoms. The van der Waals surface area contributed by atoms with E-state index < -0.39 is 21.2 Å². The van der Waals surface area contributed by atoms with Crippen LogP contribution >= 0.6 is 0 Å². The number of sulfonamides is 1. The van der Waals surface area contributed by atoms with Gasteiger partial charge in [-0.15, -0.1) is 0 Å². The van der Waals surface area contributed by atoms with Gasteiger partial charge in [0.05, 0.1) is 19.0 Å². The zero-order chi connectivity index (χ0) is 19.5. The molecule has 152 valence electrons. The molecule has 7 heteroatoms. The summed E-state index contributed by atoms with van der Waals surface area (Å²) in [7, 11) is -3.50. The normalized spacial score (nSPS) is 39.2. The Labute approximate surface area is 158 Å². The number of rotatable bonds is 6. The van der Waals surface area contributed by atoms with Crippen molar-refractivity contribution in [2.75, 3.05) is 19.0 Å². The van der Waals surface area contributed by atoms with Gasteiger partial charge in [0.1, 0.15) is 6.10 Å². The molecule has 3 rings (SSSR count). The number of hydrogen-bond donors (Lipinski definition) is 1. The van der Waals surface area contributed by atoms with E-state index in [1.807, 2.05) is 27.7 Å². The van der Waals surface area contributed by atoms with Gasteiger partial charge in [0.25, 0.3) is 0 Å². The number of hydrogen-bond acceptors (Lipinski definition) is 5. The van der Waals surface area contributed by atoms with Gasteiger partial charge in [0.15, 0.2) is 5.79 Å². The highest BCUT2D eigenvalue weighted by Crippen LogP contribution is 2.72. The first kappa shape index (κ1) is 20.5. The van der Waals surface area contributed by atoms with Crippen LogP contribution in [0.25, 0.3) is 0 Å². The summed E-state index contributed by atoms with van der Waals surface area (Å²) in [6.45, 7) is 12.3. The van der Waals surface area contributed by atoms with Crippen molar-refractivity contribution in [2.45, 2.75) is 84.8 Å². The molecule has 1 spiro atoms. The topological polar surface area (TPSA) is 76.1 Å². The van der Waals surface area contributed by atoms with E-state index in [4.69, 9.17) is 9.47 Å². The van der Waals surface area contributed by atoms with Crippen LogP contribution in [0.5, 0.6) is 0 Å². The summed E-state index contributed by atoms with van der Waals surface area (Å²) in [6.07, 6.45) is 2.14. The quantitative estimate of drug-likeness (QED) is 0.755. The fraction of sp³-hybridized carbons (Fsp3) is 1.00. The minimum Gasteiger partial charge on any atom is -0.394 e. The average molecular weight is 390 g/mol. The third-order valence-electron chi connectivity index (χ3n) is 7.25. The van der Waals surface area contributed by atoms with Crippen LogP contribution in [0.2, 0.25) is 0 Å². The van der Waals surface area contributed by atoms with E-state index in [2.05, 4.69) is 13.8 Å². The lowest BCUT2D eigenvalue weighted by Crippen LogP contribution is -2.57. The lowest BCUT2D eigenvalue weighted by molar-refractivity contribution is -0.245. The number of nitrogens with zero attached hydrogens (tertiary/aromatic N) is 1. The molecule has 0 aromatic rings. The minimum absolute atomic E-state index is 0.0397. The van der Waals surface area contributed by atoms with Crippen LogP contribution in [0.1, 0.15) is 60.8 Å². The maximum atomic E-state index is 13.5. The molecule has 6 nitrogen and oxygen atoms in total. The van der Waals surface area contributed by atoms with E-state index in [1.54, 1.807) is 4.31 Å². The van der Waals surface area contributed by atoms with Crippen LogP contribution in [0.4, 0.5) is 0 Å². The molecule has 2 aliphatic carbocycles. The maximum Gasteiger partial charge on any atom is 0.215 e. The van der Waals surface area contributed by atoms with Gasteiger partial charge in [-0.05, 0) is 51.9 Å². The third-order valence-corrected chi connectivity index (χ3v) is 9.59. The van der Waals surface area contributed by atoms with E-state index in [0.29, 0.717) is 12.5 Å². The van der Waals surface area contributed by atoms with Gasteiger partial charge in [-0.25, -0.2) is 8.42 Å². The zero-order valence-corrected chi connectivity index (χ0v) is 17.8. The summed E-state index contributed by atoms with van der Waals surface area (Å²) in [6, 6.07) is -0.186. The second-order valence-electron chi connectivity index (χ2n) is 9.50. The van der Waals surface area contributed by atoms with Crippen molar-refractivity contribution in [3.8, 4) is 0 Å². The van der Waals surface area contributed by atoms with Gasteiger partial charge in [-0.3, -0.25) is 0 Å². The third kappa shape index (κ3) is 2.69. The fourth-order valence-electron chi connectivity index (χ4n) is 6.06. The molecule has 1 aliphatic heterocycles. The van der Waals surface area contributed by atoms with Gasteiger partial charge in [0, 0.05) is 23.9 Å². The van der Waals surface area contributed by atoms with Crippen molar-refractivity contribution in [3.63, 3.8) is 0 Å². The second kappa shape index (κ2) is 6.41. The van der Waals surface area contributed by atoms with Crippen molar-refractivity contribution in [1.82, 2.24) is 4.31 Å². The first-order chi connectivity index (χ1) is 11.9. The Morgan fingerprint density at radius 2 is 1.81 bits per heavy atom. The monoisotopic (exact) mass is 389 g/mol. The van der Waals surface area contributed by atoms with Crippen LogP contribution in [-0.4, -0.2) is 60.8 Å². The van der Waals surface area contributed by atoms with Crippen molar-refractivity contribution in [1.29, 1.82) is 0 Å². The molecule has 1 N–H and O–H groups in total. The summed E-state index contributed by atoms with van der Waals surface area (Å²) < 4.78 is 41.0. The first-order valence-electron chi connectivity index (χ1n) is 9.86. The second-order valence-corrected chi connectivity index (χ2v) is 11.4.